The van der Waals surface area contributed by atoms with Crippen LogP contribution < -0.4 is 5.73 Å². The maximum absolute atomic E-state index is 11.7. The van der Waals surface area contributed by atoms with E-state index in [9.17, 15) is 9.59 Å². The molecule has 0 bridgehead atoms. The molecule has 0 heterocycles. The van der Waals surface area contributed by atoms with E-state index in [2.05, 4.69) is 13.8 Å². The number of carbonyl (C=O) groups excluding carboxylic acids is 2. The molecule has 0 unspecified atom stereocenters. The summed E-state index contributed by atoms with van der Waals surface area (Å²) in [6, 6.07) is -0.448. The summed E-state index contributed by atoms with van der Waals surface area (Å²) < 4.78 is 10.3. The van der Waals surface area contributed by atoms with Crippen LogP contribution in [-0.4, -0.2) is 31.2 Å². The zero-order valence-corrected chi connectivity index (χ0v) is 18.5. The highest BCUT2D eigenvalue weighted by Gasteiger charge is 2.11. The molecule has 166 valence electrons. The second-order valence-electron chi connectivity index (χ2n) is 7.87. The fourth-order valence-electron chi connectivity index (χ4n) is 3.05. The Balaban J connectivity index is 3.48. The van der Waals surface area contributed by atoms with Crippen LogP contribution in [0.5, 0.6) is 0 Å². The predicted molar refractivity (Wildman–Crippen MR) is 115 cm³/mol. The number of esters is 2. The third-order valence-corrected chi connectivity index (χ3v) is 4.89. The topological polar surface area (TPSA) is 78.6 Å². The Morgan fingerprint density at radius 3 is 1.29 bits per heavy atom. The fourth-order valence-corrected chi connectivity index (χ4v) is 3.05. The Kier molecular flexibility index (Phi) is 19.8. The van der Waals surface area contributed by atoms with Gasteiger partial charge in [0.1, 0.15) is 13.2 Å². The van der Waals surface area contributed by atoms with Crippen molar-refractivity contribution >= 4 is 11.9 Å². The number of unbranched alkanes of at least 4 members (excludes halogenated alkanes) is 12. The van der Waals surface area contributed by atoms with E-state index in [1.165, 1.54) is 64.2 Å². The summed E-state index contributed by atoms with van der Waals surface area (Å²) in [4.78, 5) is 23.4. The number of rotatable bonds is 20. The lowest BCUT2D eigenvalue weighted by molar-refractivity contribution is -0.147. The van der Waals surface area contributed by atoms with Crippen molar-refractivity contribution in [2.75, 3.05) is 13.2 Å². The van der Waals surface area contributed by atoms with Gasteiger partial charge in [-0.1, -0.05) is 90.9 Å². The van der Waals surface area contributed by atoms with Crippen molar-refractivity contribution in [2.24, 2.45) is 5.73 Å². The molecule has 5 heteroatoms. The van der Waals surface area contributed by atoms with Crippen LogP contribution in [0.25, 0.3) is 0 Å². The van der Waals surface area contributed by atoms with Gasteiger partial charge in [0.15, 0.2) is 0 Å². The van der Waals surface area contributed by atoms with E-state index in [1.54, 1.807) is 0 Å². The molecule has 0 fully saturated rings. The SMILES string of the molecule is CCCCCCCCCC(=O)OCC(N)COC(=O)CCCCCCCCC. The molecule has 0 spiro atoms. The van der Waals surface area contributed by atoms with Gasteiger partial charge in [0, 0.05) is 12.8 Å². The predicted octanol–water partition coefficient (Wildman–Crippen LogP) is 5.68. The zero-order chi connectivity index (χ0) is 20.9. The third-order valence-electron chi connectivity index (χ3n) is 4.89. The van der Waals surface area contributed by atoms with Gasteiger partial charge in [0.25, 0.3) is 0 Å². The second kappa shape index (κ2) is 20.6. The van der Waals surface area contributed by atoms with E-state index in [-0.39, 0.29) is 25.2 Å². The molecule has 0 saturated carbocycles. The Hall–Kier alpha value is -1.10. The smallest absolute Gasteiger partial charge is 0.305 e. The molecule has 0 radical (unpaired) electrons. The number of ether oxygens (including phenoxy) is 2. The molecule has 0 amide bonds. The molecule has 2 N–H and O–H groups in total. The molecule has 0 aromatic carbocycles. The molecule has 0 atom stereocenters. The number of hydrogen-bond acceptors (Lipinski definition) is 5. The highest BCUT2D eigenvalue weighted by atomic mass is 16.5. The first-order valence-electron chi connectivity index (χ1n) is 11.7. The van der Waals surface area contributed by atoms with Crippen LogP contribution in [0.1, 0.15) is 117 Å². The molecule has 0 aromatic heterocycles. The van der Waals surface area contributed by atoms with E-state index in [4.69, 9.17) is 15.2 Å². The van der Waals surface area contributed by atoms with Crippen LogP contribution in [0.4, 0.5) is 0 Å². The molecule has 0 aromatic rings. The van der Waals surface area contributed by atoms with Crippen molar-refractivity contribution in [1.82, 2.24) is 0 Å². The van der Waals surface area contributed by atoms with Gasteiger partial charge in [-0.3, -0.25) is 9.59 Å². The minimum Gasteiger partial charge on any atom is -0.464 e. The number of nitrogens with two attached hydrogens (primary N) is 1. The van der Waals surface area contributed by atoms with Crippen LogP contribution in [0.3, 0.4) is 0 Å². The van der Waals surface area contributed by atoms with Gasteiger partial charge in [-0.2, -0.15) is 0 Å². The number of hydrogen-bond donors (Lipinski definition) is 1. The Morgan fingerprint density at radius 2 is 0.929 bits per heavy atom. The maximum Gasteiger partial charge on any atom is 0.305 e. The Morgan fingerprint density at radius 1 is 0.607 bits per heavy atom. The molecule has 0 aliphatic rings. The first kappa shape index (κ1) is 26.9. The fraction of sp³-hybridized carbons (Fsp3) is 0.913. The first-order chi connectivity index (χ1) is 13.6. The normalized spacial score (nSPS) is 11.0. The largest absolute Gasteiger partial charge is 0.464 e. The zero-order valence-electron chi connectivity index (χ0n) is 18.5. The minimum absolute atomic E-state index is 0.111. The quantitative estimate of drug-likeness (QED) is 0.210. The van der Waals surface area contributed by atoms with E-state index < -0.39 is 6.04 Å². The molecule has 5 nitrogen and oxygen atoms in total. The lowest BCUT2D eigenvalue weighted by Gasteiger charge is -2.13. The summed E-state index contributed by atoms with van der Waals surface area (Å²) in [5.74, 6) is -0.420. The monoisotopic (exact) mass is 399 g/mol. The maximum atomic E-state index is 11.7. The summed E-state index contributed by atoms with van der Waals surface area (Å²) in [5.41, 5.74) is 5.86. The summed E-state index contributed by atoms with van der Waals surface area (Å²) >= 11 is 0. The van der Waals surface area contributed by atoms with Crippen molar-refractivity contribution in [1.29, 1.82) is 0 Å². The molecule has 0 aliphatic carbocycles. The summed E-state index contributed by atoms with van der Waals surface area (Å²) in [7, 11) is 0. The Labute approximate surface area is 173 Å². The standard InChI is InChI=1S/C23H45NO4/c1-3-5-7-9-11-13-15-17-22(25)27-19-21(24)20-28-23(26)18-16-14-12-10-8-6-4-2/h21H,3-20,24H2,1-2H3. The molecule has 0 rings (SSSR count). The van der Waals surface area contributed by atoms with Gasteiger partial charge in [0.05, 0.1) is 6.04 Å². The van der Waals surface area contributed by atoms with Crippen molar-refractivity contribution in [3.05, 3.63) is 0 Å². The summed E-state index contributed by atoms with van der Waals surface area (Å²) in [6.45, 7) is 4.64. The first-order valence-corrected chi connectivity index (χ1v) is 11.7. The molecule has 0 saturated heterocycles. The van der Waals surface area contributed by atoms with Crippen LogP contribution >= 0.6 is 0 Å². The third kappa shape index (κ3) is 19.7. The average molecular weight is 400 g/mol. The second-order valence-corrected chi connectivity index (χ2v) is 7.87. The van der Waals surface area contributed by atoms with Crippen molar-refractivity contribution < 1.29 is 19.1 Å². The highest BCUT2D eigenvalue weighted by molar-refractivity contribution is 5.69. The molecule has 0 aliphatic heterocycles. The van der Waals surface area contributed by atoms with E-state index in [1.807, 2.05) is 0 Å². The van der Waals surface area contributed by atoms with Gasteiger partial charge in [-0.25, -0.2) is 0 Å². The molecule has 28 heavy (non-hydrogen) atoms. The highest BCUT2D eigenvalue weighted by Crippen LogP contribution is 2.10. The number of carbonyl (C=O) groups is 2. The van der Waals surface area contributed by atoms with Crippen LogP contribution in [0, 0.1) is 0 Å². The van der Waals surface area contributed by atoms with Gasteiger partial charge >= 0.3 is 11.9 Å². The van der Waals surface area contributed by atoms with E-state index in [0.717, 1.165) is 25.7 Å². The van der Waals surface area contributed by atoms with Gasteiger partial charge in [-0.15, -0.1) is 0 Å². The van der Waals surface area contributed by atoms with Crippen molar-refractivity contribution in [3.63, 3.8) is 0 Å². The summed E-state index contributed by atoms with van der Waals surface area (Å²) in [6.07, 6.45) is 17.3. The van der Waals surface area contributed by atoms with Gasteiger partial charge < -0.3 is 15.2 Å². The average Bonchev–Trinajstić information content (AvgIpc) is 2.69. The molecular weight excluding hydrogens is 354 g/mol. The van der Waals surface area contributed by atoms with E-state index >= 15 is 0 Å². The van der Waals surface area contributed by atoms with Crippen LogP contribution in [-0.2, 0) is 19.1 Å². The van der Waals surface area contributed by atoms with E-state index in [0.29, 0.717) is 12.8 Å². The van der Waals surface area contributed by atoms with Crippen molar-refractivity contribution in [3.8, 4) is 0 Å². The molecular formula is C23H45NO4. The van der Waals surface area contributed by atoms with Gasteiger partial charge in [-0.05, 0) is 12.8 Å². The minimum atomic E-state index is -0.448. The van der Waals surface area contributed by atoms with Crippen LogP contribution in [0.15, 0.2) is 0 Å². The lowest BCUT2D eigenvalue weighted by Crippen LogP contribution is -2.33. The van der Waals surface area contributed by atoms with Crippen molar-refractivity contribution in [2.45, 2.75) is 123 Å². The van der Waals surface area contributed by atoms with Crippen LogP contribution in [0.2, 0.25) is 0 Å². The van der Waals surface area contributed by atoms with Gasteiger partial charge in [0.2, 0.25) is 0 Å². The Bertz CT molecular complexity index is 340. The summed E-state index contributed by atoms with van der Waals surface area (Å²) in [5, 5.41) is 0. The lowest BCUT2D eigenvalue weighted by atomic mass is 10.1.